The van der Waals surface area contributed by atoms with Gasteiger partial charge in [0.15, 0.2) is 0 Å². The average Bonchev–Trinajstić information content (AvgIpc) is 2.93. The van der Waals surface area contributed by atoms with E-state index < -0.39 is 11.9 Å². The van der Waals surface area contributed by atoms with Gasteiger partial charge in [0, 0.05) is 0 Å². The smallest absolute Gasteiger partial charge is 0.543 e. The number of hydrogen-bond acceptors (Lipinski definition) is 8. The second kappa shape index (κ2) is 7.09. The fraction of sp³-hybridized carbons (Fsp3) is 0. The molecule has 17 heavy (non-hydrogen) atoms. The van der Waals surface area contributed by atoms with Crippen LogP contribution in [0.2, 0.25) is 0 Å². The first-order valence-electron chi connectivity index (χ1n) is 3.75. The molecule has 2 aromatic rings. The van der Waals surface area contributed by atoms with Crippen LogP contribution >= 0.6 is 0 Å². The van der Waals surface area contributed by atoms with Crippen molar-refractivity contribution in [2.75, 3.05) is 0 Å². The summed E-state index contributed by atoms with van der Waals surface area (Å²) in [6, 6.07) is 0. The molecule has 0 aliphatic heterocycles. The summed E-state index contributed by atoms with van der Waals surface area (Å²) in [6.45, 7) is 0. The van der Waals surface area contributed by atoms with Gasteiger partial charge in [0.1, 0.15) is 11.4 Å². The maximum absolute atomic E-state index is 9.83. The third-order valence-corrected chi connectivity index (χ3v) is 1.25. The van der Waals surface area contributed by atoms with Crippen molar-refractivity contribution >= 4 is 11.9 Å². The number of carboxylic acid groups (broad SMARTS) is 2. The van der Waals surface area contributed by atoms with Crippen molar-refractivity contribution in [3.05, 3.63) is 23.8 Å². The Morgan fingerprint density at radius 3 is 1.41 bits per heavy atom. The molecule has 2 aromatic heterocycles. The van der Waals surface area contributed by atoms with Gasteiger partial charge < -0.3 is 19.8 Å². The number of carbonyl (C=O) groups is 2. The summed E-state index contributed by atoms with van der Waals surface area (Å²) in [5.74, 6) is -2.64. The van der Waals surface area contributed by atoms with Crippen molar-refractivity contribution in [2.45, 2.75) is 0 Å². The number of carbonyl (C=O) groups excluding carboxylic acids is 2. The first kappa shape index (κ1) is 14.7. The van der Waals surface area contributed by atoms with E-state index in [0.29, 0.717) is 0 Å². The second-order valence-electron chi connectivity index (χ2n) is 2.29. The van der Waals surface area contributed by atoms with Crippen molar-refractivity contribution in [1.29, 1.82) is 0 Å². The Kier molecular flexibility index (Phi) is 6.14. The minimum Gasteiger partial charge on any atom is -0.543 e. The van der Waals surface area contributed by atoms with Crippen molar-refractivity contribution in [3.8, 4) is 0 Å². The molecule has 11 heteroatoms. The molecular weight excluding hydrogens is 276 g/mol. The van der Waals surface area contributed by atoms with Crippen LogP contribution in [-0.2, 0) is 17.1 Å². The minimum atomic E-state index is -1.32. The van der Waals surface area contributed by atoms with Gasteiger partial charge in [0.25, 0.3) is 0 Å². The van der Waals surface area contributed by atoms with Crippen LogP contribution < -0.4 is 10.2 Å². The van der Waals surface area contributed by atoms with Crippen LogP contribution in [0.25, 0.3) is 0 Å². The monoisotopic (exact) mass is 280 g/mol. The van der Waals surface area contributed by atoms with Crippen LogP contribution in [-0.4, -0.2) is 42.8 Å². The molecular formula is C6H4FeN6O4. The molecule has 10 nitrogen and oxygen atoms in total. The molecule has 0 fully saturated rings. The fourth-order valence-corrected chi connectivity index (χ4v) is 0.600. The van der Waals surface area contributed by atoms with E-state index in [-0.39, 0.29) is 28.5 Å². The SMILES string of the molecule is O=C([O-])c1cn[nH]n1.O=C([O-])c1cn[nH]n1.[Fe+2]. The summed E-state index contributed by atoms with van der Waals surface area (Å²) >= 11 is 0. The molecule has 0 unspecified atom stereocenters. The van der Waals surface area contributed by atoms with Crippen LogP contribution in [0.15, 0.2) is 12.4 Å². The fourth-order valence-electron chi connectivity index (χ4n) is 0.600. The zero-order chi connectivity index (χ0) is 12.0. The normalized spacial score (nSPS) is 8.47. The van der Waals surface area contributed by atoms with E-state index >= 15 is 0 Å². The number of nitrogens with one attached hydrogen (secondary N) is 2. The van der Waals surface area contributed by atoms with E-state index in [0.717, 1.165) is 12.4 Å². The molecule has 0 spiro atoms. The third kappa shape index (κ3) is 4.86. The topological polar surface area (TPSA) is 163 Å². The number of aromatic amines is 2. The van der Waals surface area contributed by atoms with Gasteiger partial charge in [-0.1, -0.05) is 0 Å². The number of H-pyrrole nitrogens is 2. The zero-order valence-electron chi connectivity index (χ0n) is 7.93. The van der Waals surface area contributed by atoms with Gasteiger partial charge in [-0.15, -0.1) is 0 Å². The Balaban J connectivity index is 0.000000284. The third-order valence-electron chi connectivity index (χ3n) is 1.25. The predicted octanol–water partition coefficient (Wildman–Crippen LogP) is -3.67. The largest absolute Gasteiger partial charge is 2.00 e. The molecule has 0 bridgehead atoms. The van der Waals surface area contributed by atoms with Crippen molar-refractivity contribution in [3.63, 3.8) is 0 Å². The molecule has 2 N–H and O–H groups in total. The predicted molar refractivity (Wildman–Crippen MR) is 41.4 cm³/mol. The van der Waals surface area contributed by atoms with Gasteiger partial charge >= 0.3 is 17.1 Å². The minimum absolute atomic E-state index is 0. The van der Waals surface area contributed by atoms with E-state index in [2.05, 4.69) is 30.8 Å². The summed E-state index contributed by atoms with van der Waals surface area (Å²) in [7, 11) is 0. The van der Waals surface area contributed by atoms with Gasteiger partial charge in [-0.05, 0) is 0 Å². The van der Waals surface area contributed by atoms with Crippen LogP contribution in [0.1, 0.15) is 21.0 Å². The molecule has 2 heterocycles. The maximum Gasteiger partial charge on any atom is 2.00 e. The maximum atomic E-state index is 9.83. The molecule has 0 saturated heterocycles. The van der Waals surface area contributed by atoms with Crippen LogP contribution in [0.5, 0.6) is 0 Å². The summed E-state index contributed by atoms with van der Waals surface area (Å²) in [4.78, 5) is 19.7. The van der Waals surface area contributed by atoms with Crippen molar-refractivity contribution in [2.24, 2.45) is 0 Å². The average molecular weight is 280 g/mol. The van der Waals surface area contributed by atoms with Gasteiger partial charge in [-0.25, -0.2) is 0 Å². The van der Waals surface area contributed by atoms with E-state index in [1.165, 1.54) is 0 Å². The van der Waals surface area contributed by atoms with Crippen LogP contribution in [0.4, 0.5) is 0 Å². The molecule has 90 valence electrons. The van der Waals surface area contributed by atoms with Crippen LogP contribution in [0.3, 0.4) is 0 Å². The number of aromatic carboxylic acids is 2. The van der Waals surface area contributed by atoms with Crippen molar-refractivity contribution < 1.29 is 36.9 Å². The molecule has 0 amide bonds. The Hall–Kier alpha value is -2.26. The second-order valence-corrected chi connectivity index (χ2v) is 2.29. The molecule has 0 aliphatic carbocycles. The molecule has 0 radical (unpaired) electrons. The number of nitrogens with zero attached hydrogens (tertiary/aromatic N) is 4. The molecule has 0 aliphatic rings. The Morgan fingerprint density at radius 1 is 0.941 bits per heavy atom. The quantitative estimate of drug-likeness (QED) is 0.531. The first-order valence-corrected chi connectivity index (χ1v) is 3.75. The van der Waals surface area contributed by atoms with Crippen molar-refractivity contribution in [1.82, 2.24) is 30.8 Å². The molecule has 0 aromatic carbocycles. The van der Waals surface area contributed by atoms with E-state index in [4.69, 9.17) is 0 Å². The van der Waals surface area contributed by atoms with E-state index in [1.807, 2.05) is 0 Å². The van der Waals surface area contributed by atoms with E-state index in [1.54, 1.807) is 0 Å². The summed E-state index contributed by atoms with van der Waals surface area (Å²) in [5.41, 5.74) is -0.352. The van der Waals surface area contributed by atoms with E-state index in [9.17, 15) is 19.8 Å². The molecule has 0 saturated carbocycles. The molecule has 2 rings (SSSR count). The molecule has 0 atom stereocenters. The summed E-state index contributed by atoms with van der Waals surface area (Å²) in [6.07, 6.45) is 2.16. The summed E-state index contributed by atoms with van der Waals surface area (Å²) < 4.78 is 0. The summed E-state index contributed by atoms with van der Waals surface area (Å²) in [5, 5.41) is 36.8. The van der Waals surface area contributed by atoms with Gasteiger partial charge in [0.2, 0.25) is 0 Å². The first-order chi connectivity index (χ1) is 7.61. The number of carboxylic acids is 2. The van der Waals surface area contributed by atoms with Crippen LogP contribution in [0, 0.1) is 0 Å². The Labute approximate surface area is 104 Å². The van der Waals surface area contributed by atoms with Gasteiger partial charge in [-0.2, -0.15) is 30.8 Å². The number of hydrogen-bond donors (Lipinski definition) is 2. The standard InChI is InChI=1S/2C3H3N3O2.Fe/c2*7-3(8)2-1-4-6-5-2;/h2*1H,(H,7,8)(H,4,5,6);/q;;+2/p-2. The Bertz CT molecular complexity index is 411. The zero-order valence-corrected chi connectivity index (χ0v) is 9.03. The van der Waals surface area contributed by atoms with Gasteiger partial charge in [-0.3, -0.25) is 0 Å². The van der Waals surface area contributed by atoms with Gasteiger partial charge in [0.05, 0.1) is 24.3 Å². The Morgan fingerprint density at radius 2 is 1.29 bits per heavy atom. The number of aromatic nitrogens is 6. The number of rotatable bonds is 2.